The van der Waals surface area contributed by atoms with Gasteiger partial charge in [0.05, 0.1) is 13.2 Å². The van der Waals surface area contributed by atoms with E-state index < -0.39 is 6.10 Å². The summed E-state index contributed by atoms with van der Waals surface area (Å²) in [7, 11) is 0. The van der Waals surface area contributed by atoms with Crippen LogP contribution in [0.2, 0.25) is 0 Å². The van der Waals surface area contributed by atoms with Crippen LogP contribution in [0.15, 0.2) is 24.3 Å². The average molecular weight is 691 g/mol. The third-order valence-corrected chi connectivity index (χ3v) is 9.76. The molecule has 4 heteroatoms. The van der Waals surface area contributed by atoms with Crippen molar-refractivity contribution in [2.45, 2.75) is 238 Å². The molecule has 0 aliphatic heterocycles. The van der Waals surface area contributed by atoms with Crippen molar-refractivity contribution in [1.29, 1.82) is 0 Å². The Hall–Kier alpha value is -1.13. The van der Waals surface area contributed by atoms with Gasteiger partial charge < -0.3 is 14.6 Å². The summed E-state index contributed by atoms with van der Waals surface area (Å²) in [6.07, 6.45) is 52.5. The molecule has 0 aliphatic carbocycles. The van der Waals surface area contributed by atoms with Crippen LogP contribution in [0.4, 0.5) is 0 Å². The average Bonchev–Trinajstić information content (AvgIpc) is 3.11. The van der Waals surface area contributed by atoms with Crippen LogP contribution in [-0.2, 0) is 14.3 Å². The van der Waals surface area contributed by atoms with Gasteiger partial charge in [0.1, 0.15) is 6.10 Å². The van der Waals surface area contributed by atoms with Gasteiger partial charge in [-0.1, -0.05) is 212 Å². The molecule has 0 rings (SSSR count). The first-order chi connectivity index (χ1) is 24.2. The lowest BCUT2D eigenvalue weighted by molar-refractivity contribution is -0.154. The van der Waals surface area contributed by atoms with E-state index >= 15 is 0 Å². The minimum absolute atomic E-state index is 0.174. The van der Waals surface area contributed by atoms with Gasteiger partial charge >= 0.3 is 5.97 Å². The normalized spacial score (nSPS) is 12.5. The summed E-state index contributed by atoms with van der Waals surface area (Å²) in [5.74, 6) is -0.212. The summed E-state index contributed by atoms with van der Waals surface area (Å²) in [6.45, 7) is 5.30. The lowest BCUT2D eigenvalue weighted by atomic mass is 10.0. The number of esters is 1. The molecule has 0 saturated carbocycles. The molecule has 0 aliphatic rings. The summed E-state index contributed by atoms with van der Waals surface area (Å²) in [6, 6.07) is 0. The smallest absolute Gasteiger partial charge is 0.306 e. The van der Waals surface area contributed by atoms with Gasteiger partial charge in [-0.2, -0.15) is 0 Å². The number of unbranched alkanes of at least 4 members (excludes halogenated alkanes) is 29. The monoisotopic (exact) mass is 691 g/mol. The van der Waals surface area contributed by atoms with E-state index in [9.17, 15) is 9.90 Å². The molecular formula is C45H86O4. The first-order valence-electron chi connectivity index (χ1n) is 21.9. The predicted molar refractivity (Wildman–Crippen MR) is 214 cm³/mol. The Kier molecular flexibility index (Phi) is 42.0. The quantitative estimate of drug-likeness (QED) is 0.0394. The van der Waals surface area contributed by atoms with Crippen molar-refractivity contribution in [3.63, 3.8) is 0 Å². The van der Waals surface area contributed by atoms with Crippen LogP contribution in [0.5, 0.6) is 0 Å². The fourth-order valence-corrected chi connectivity index (χ4v) is 6.49. The van der Waals surface area contributed by atoms with Gasteiger partial charge in [0.25, 0.3) is 0 Å². The zero-order chi connectivity index (χ0) is 35.6. The second-order valence-electron chi connectivity index (χ2n) is 14.8. The minimum Gasteiger partial charge on any atom is -0.457 e. The molecule has 49 heavy (non-hydrogen) atoms. The van der Waals surface area contributed by atoms with Crippen molar-refractivity contribution in [2.75, 3.05) is 19.8 Å². The molecule has 290 valence electrons. The van der Waals surface area contributed by atoms with E-state index in [4.69, 9.17) is 9.47 Å². The minimum atomic E-state index is -0.537. The van der Waals surface area contributed by atoms with Crippen molar-refractivity contribution in [3.05, 3.63) is 24.3 Å². The number of ether oxygens (including phenoxy) is 2. The maximum absolute atomic E-state index is 12.2. The van der Waals surface area contributed by atoms with E-state index in [1.807, 2.05) is 0 Å². The Labute approximate surface area is 307 Å². The van der Waals surface area contributed by atoms with Crippen molar-refractivity contribution in [1.82, 2.24) is 0 Å². The predicted octanol–water partition coefficient (Wildman–Crippen LogP) is 14.3. The van der Waals surface area contributed by atoms with Crippen LogP contribution in [-0.4, -0.2) is 37.0 Å². The Morgan fingerprint density at radius 3 is 1.35 bits per heavy atom. The maximum Gasteiger partial charge on any atom is 0.306 e. The highest BCUT2D eigenvalue weighted by molar-refractivity contribution is 5.69. The number of aliphatic hydroxyl groups excluding tert-OH is 1. The molecule has 4 nitrogen and oxygen atoms in total. The number of hydrogen-bond acceptors (Lipinski definition) is 4. The van der Waals surface area contributed by atoms with E-state index in [-0.39, 0.29) is 12.6 Å². The van der Waals surface area contributed by atoms with E-state index in [0.29, 0.717) is 19.6 Å². The Balaban J connectivity index is 3.35. The molecule has 0 heterocycles. The second kappa shape index (κ2) is 43.0. The SMILES string of the molecule is CCC/C=C\C/C=C\CCCCCCCC(=O)OC(CO)COCCCCCCCCCCCCCCCCCCCCCCCCCC. The maximum atomic E-state index is 12.2. The molecule has 1 N–H and O–H groups in total. The first-order valence-corrected chi connectivity index (χ1v) is 21.9. The number of rotatable bonds is 41. The fraction of sp³-hybridized carbons (Fsp3) is 0.889. The summed E-state index contributed by atoms with van der Waals surface area (Å²) < 4.78 is 11.1. The van der Waals surface area contributed by atoms with E-state index in [1.165, 1.54) is 173 Å². The molecule has 0 aromatic carbocycles. The highest BCUT2D eigenvalue weighted by Gasteiger charge is 2.13. The summed E-state index contributed by atoms with van der Waals surface area (Å²) in [5, 5.41) is 9.59. The van der Waals surface area contributed by atoms with E-state index in [1.54, 1.807) is 0 Å². The molecule has 0 amide bonds. The van der Waals surface area contributed by atoms with Crippen molar-refractivity contribution < 1.29 is 19.4 Å². The van der Waals surface area contributed by atoms with Crippen LogP contribution in [0.1, 0.15) is 232 Å². The number of carbonyl (C=O) groups is 1. The van der Waals surface area contributed by atoms with Crippen molar-refractivity contribution in [3.8, 4) is 0 Å². The number of aliphatic hydroxyl groups is 1. The third-order valence-electron chi connectivity index (χ3n) is 9.76. The molecule has 0 aromatic rings. The molecular weight excluding hydrogens is 604 g/mol. The highest BCUT2D eigenvalue weighted by atomic mass is 16.6. The van der Waals surface area contributed by atoms with Gasteiger partial charge in [-0.25, -0.2) is 0 Å². The molecule has 0 fully saturated rings. The Morgan fingerprint density at radius 2 is 0.898 bits per heavy atom. The Bertz CT molecular complexity index is 688. The lowest BCUT2D eigenvalue weighted by Gasteiger charge is -2.15. The number of carbonyl (C=O) groups excluding carboxylic acids is 1. The van der Waals surface area contributed by atoms with Gasteiger partial charge in [0.2, 0.25) is 0 Å². The van der Waals surface area contributed by atoms with E-state index in [0.717, 1.165) is 38.5 Å². The summed E-state index contributed by atoms with van der Waals surface area (Å²) in [5.41, 5.74) is 0. The van der Waals surface area contributed by atoms with Gasteiger partial charge in [0, 0.05) is 13.0 Å². The first kappa shape index (κ1) is 47.9. The lowest BCUT2D eigenvalue weighted by Crippen LogP contribution is -2.27. The van der Waals surface area contributed by atoms with Gasteiger partial charge in [-0.05, 0) is 38.5 Å². The van der Waals surface area contributed by atoms with Crippen LogP contribution in [0.25, 0.3) is 0 Å². The van der Waals surface area contributed by atoms with Crippen LogP contribution < -0.4 is 0 Å². The summed E-state index contributed by atoms with van der Waals surface area (Å²) >= 11 is 0. The number of hydrogen-bond donors (Lipinski definition) is 1. The van der Waals surface area contributed by atoms with Crippen molar-refractivity contribution in [2.24, 2.45) is 0 Å². The largest absolute Gasteiger partial charge is 0.457 e. The molecule has 1 unspecified atom stereocenters. The zero-order valence-corrected chi connectivity index (χ0v) is 33.2. The fourth-order valence-electron chi connectivity index (χ4n) is 6.49. The van der Waals surface area contributed by atoms with Gasteiger partial charge in [0.15, 0.2) is 0 Å². The van der Waals surface area contributed by atoms with Crippen LogP contribution >= 0.6 is 0 Å². The standard InChI is InChI=1S/C45H86O4/c1-3-5-7-9-11-13-15-17-18-19-20-21-22-23-24-25-26-27-29-31-33-35-37-39-41-48-43-44(42-46)49-45(47)40-38-36-34-32-30-28-16-14-12-10-8-6-4-2/h8,10,14,16,44,46H,3-7,9,11-13,15,17-43H2,1-2H3/b10-8-,16-14-. The topological polar surface area (TPSA) is 55.8 Å². The second-order valence-corrected chi connectivity index (χ2v) is 14.8. The molecule has 0 bridgehead atoms. The van der Waals surface area contributed by atoms with Gasteiger partial charge in [-0.3, -0.25) is 4.79 Å². The molecule has 1 atom stereocenters. The molecule has 0 spiro atoms. The number of allylic oxidation sites excluding steroid dienone is 4. The molecule has 0 radical (unpaired) electrons. The van der Waals surface area contributed by atoms with Crippen molar-refractivity contribution >= 4 is 5.97 Å². The highest BCUT2D eigenvalue weighted by Crippen LogP contribution is 2.16. The molecule has 0 saturated heterocycles. The summed E-state index contributed by atoms with van der Waals surface area (Å²) in [4.78, 5) is 12.2. The van der Waals surface area contributed by atoms with Crippen LogP contribution in [0.3, 0.4) is 0 Å². The molecule has 0 aromatic heterocycles. The zero-order valence-electron chi connectivity index (χ0n) is 33.2. The Morgan fingerprint density at radius 1 is 0.490 bits per heavy atom. The third kappa shape index (κ3) is 41.2. The van der Waals surface area contributed by atoms with E-state index in [2.05, 4.69) is 38.2 Å². The van der Waals surface area contributed by atoms with Gasteiger partial charge in [-0.15, -0.1) is 0 Å². The van der Waals surface area contributed by atoms with Crippen LogP contribution in [0, 0.1) is 0 Å².